The third-order valence-electron chi connectivity index (χ3n) is 3.50. The SMILES string of the molecule is CCNCC(CC)N(C)CC1CCC1. The van der Waals surface area contributed by atoms with Crippen LogP contribution in [0.2, 0.25) is 0 Å². The zero-order valence-corrected chi connectivity index (χ0v) is 10.1. The van der Waals surface area contributed by atoms with Crippen LogP contribution in [0.1, 0.15) is 39.5 Å². The summed E-state index contributed by atoms with van der Waals surface area (Å²) in [6, 6.07) is 0.732. The van der Waals surface area contributed by atoms with Crippen molar-refractivity contribution in [1.82, 2.24) is 10.2 Å². The molecular formula is C12H26N2. The number of nitrogens with one attached hydrogen (secondary N) is 1. The van der Waals surface area contributed by atoms with E-state index in [0.29, 0.717) is 0 Å². The van der Waals surface area contributed by atoms with Crippen LogP contribution < -0.4 is 5.32 Å². The van der Waals surface area contributed by atoms with Gasteiger partial charge in [0.05, 0.1) is 0 Å². The van der Waals surface area contributed by atoms with E-state index in [-0.39, 0.29) is 0 Å². The van der Waals surface area contributed by atoms with Gasteiger partial charge in [-0.05, 0) is 38.8 Å². The van der Waals surface area contributed by atoms with E-state index < -0.39 is 0 Å². The first-order valence-corrected chi connectivity index (χ1v) is 6.18. The summed E-state index contributed by atoms with van der Waals surface area (Å²) in [6.07, 6.45) is 5.64. The Bertz CT molecular complexity index is 143. The number of likely N-dealkylation sites (N-methyl/N-ethyl adjacent to an activating group) is 2. The Morgan fingerprint density at radius 3 is 2.50 bits per heavy atom. The second kappa shape index (κ2) is 6.41. The molecule has 0 heterocycles. The van der Waals surface area contributed by atoms with E-state index in [9.17, 15) is 0 Å². The summed E-state index contributed by atoms with van der Waals surface area (Å²) in [5, 5.41) is 3.45. The molecule has 1 rings (SSSR count). The highest BCUT2D eigenvalue weighted by molar-refractivity contribution is 4.77. The van der Waals surface area contributed by atoms with Crippen molar-refractivity contribution in [3.8, 4) is 0 Å². The Labute approximate surface area is 89.1 Å². The number of nitrogens with zero attached hydrogens (tertiary/aromatic N) is 1. The summed E-state index contributed by atoms with van der Waals surface area (Å²) in [5.41, 5.74) is 0. The van der Waals surface area contributed by atoms with Gasteiger partial charge < -0.3 is 10.2 Å². The van der Waals surface area contributed by atoms with Gasteiger partial charge in [0.15, 0.2) is 0 Å². The Kier molecular flexibility index (Phi) is 5.49. The molecule has 2 heteroatoms. The van der Waals surface area contributed by atoms with Crippen LogP contribution >= 0.6 is 0 Å². The van der Waals surface area contributed by atoms with Crippen molar-refractivity contribution < 1.29 is 0 Å². The molecule has 1 fully saturated rings. The number of hydrogen-bond acceptors (Lipinski definition) is 2. The topological polar surface area (TPSA) is 15.3 Å². The molecule has 0 aromatic carbocycles. The molecule has 1 atom stereocenters. The van der Waals surface area contributed by atoms with Crippen LogP contribution in [0.25, 0.3) is 0 Å². The summed E-state index contributed by atoms with van der Waals surface area (Å²) in [6.45, 7) is 8.02. The van der Waals surface area contributed by atoms with Gasteiger partial charge >= 0.3 is 0 Å². The van der Waals surface area contributed by atoms with Crippen molar-refractivity contribution in [2.75, 3.05) is 26.7 Å². The Morgan fingerprint density at radius 1 is 1.36 bits per heavy atom. The molecule has 0 saturated heterocycles. The summed E-state index contributed by atoms with van der Waals surface area (Å²) in [5.74, 6) is 0.996. The highest BCUT2D eigenvalue weighted by Gasteiger charge is 2.21. The fourth-order valence-electron chi connectivity index (χ4n) is 2.15. The van der Waals surface area contributed by atoms with Crippen LogP contribution in [0.3, 0.4) is 0 Å². The van der Waals surface area contributed by atoms with Crippen LogP contribution in [0.4, 0.5) is 0 Å². The third kappa shape index (κ3) is 3.58. The molecular weight excluding hydrogens is 172 g/mol. The van der Waals surface area contributed by atoms with E-state index in [4.69, 9.17) is 0 Å². The van der Waals surface area contributed by atoms with Gasteiger partial charge in [-0.3, -0.25) is 0 Å². The lowest BCUT2D eigenvalue weighted by Crippen LogP contribution is -2.42. The Hall–Kier alpha value is -0.0800. The van der Waals surface area contributed by atoms with Crippen molar-refractivity contribution in [2.45, 2.75) is 45.6 Å². The lowest BCUT2D eigenvalue weighted by Gasteiger charge is -2.34. The first-order chi connectivity index (χ1) is 6.77. The molecule has 0 amide bonds. The van der Waals surface area contributed by atoms with Crippen LogP contribution in [0.15, 0.2) is 0 Å². The van der Waals surface area contributed by atoms with Gasteiger partial charge in [-0.1, -0.05) is 20.3 Å². The van der Waals surface area contributed by atoms with Gasteiger partial charge in [0, 0.05) is 19.1 Å². The zero-order valence-electron chi connectivity index (χ0n) is 10.1. The highest BCUT2D eigenvalue weighted by atomic mass is 15.1. The maximum Gasteiger partial charge on any atom is 0.0215 e. The molecule has 2 nitrogen and oxygen atoms in total. The van der Waals surface area contributed by atoms with Gasteiger partial charge in [0.2, 0.25) is 0 Å². The lowest BCUT2D eigenvalue weighted by atomic mass is 9.85. The molecule has 14 heavy (non-hydrogen) atoms. The largest absolute Gasteiger partial charge is 0.315 e. The van der Waals surface area contributed by atoms with Gasteiger partial charge in [0.25, 0.3) is 0 Å². The predicted octanol–water partition coefficient (Wildman–Crippen LogP) is 2.11. The molecule has 84 valence electrons. The normalized spacial score (nSPS) is 19.7. The monoisotopic (exact) mass is 198 g/mol. The molecule has 0 aliphatic heterocycles. The molecule has 0 radical (unpaired) electrons. The molecule has 1 saturated carbocycles. The maximum absolute atomic E-state index is 3.45. The molecule has 0 bridgehead atoms. The van der Waals surface area contributed by atoms with E-state index >= 15 is 0 Å². The first kappa shape index (κ1) is 12.0. The molecule has 1 unspecified atom stereocenters. The smallest absolute Gasteiger partial charge is 0.0215 e. The number of rotatable bonds is 7. The minimum atomic E-state index is 0.732. The van der Waals surface area contributed by atoms with E-state index in [1.807, 2.05) is 0 Å². The van der Waals surface area contributed by atoms with Gasteiger partial charge in [-0.2, -0.15) is 0 Å². The lowest BCUT2D eigenvalue weighted by molar-refractivity contribution is 0.156. The molecule has 1 N–H and O–H groups in total. The van der Waals surface area contributed by atoms with Gasteiger partial charge in [-0.15, -0.1) is 0 Å². The Morgan fingerprint density at radius 2 is 2.07 bits per heavy atom. The average molecular weight is 198 g/mol. The fraction of sp³-hybridized carbons (Fsp3) is 1.00. The summed E-state index contributed by atoms with van der Waals surface area (Å²) < 4.78 is 0. The molecule has 0 spiro atoms. The van der Waals surface area contributed by atoms with Crippen molar-refractivity contribution in [3.63, 3.8) is 0 Å². The average Bonchev–Trinajstić information content (AvgIpc) is 2.13. The summed E-state index contributed by atoms with van der Waals surface area (Å²) >= 11 is 0. The van der Waals surface area contributed by atoms with Crippen molar-refractivity contribution in [2.24, 2.45) is 5.92 Å². The van der Waals surface area contributed by atoms with Gasteiger partial charge in [0.1, 0.15) is 0 Å². The Balaban J connectivity index is 2.19. The van der Waals surface area contributed by atoms with E-state index in [1.54, 1.807) is 0 Å². The van der Waals surface area contributed by atoms with Crippen molar-refractivity contribution in [3.05, 3.63) is 0 Å². The zero-order chi connectivity index (χ0) is 10.4. The van der Waals surface area contributed by atoms with Crippen LogP contribution in [0, 0.1) is 5.92 Å². The van der Waals surface area contributed by atoms with Crippen molar-refractivity contribution in [1.29, 1.82) is 0 Å². The van der Waals surface area contributed by atoms with Crippen LogP contribution in [-0.2, 0) is 0 Å². The third-order valence-corrected chi connectivity index (χ3v) is 3.50. The second-order valence-electron chi connectivity index (χ2n) is 4.61. The minimum Gasteiger partial charge on any atom is -0.315 e. The summed E-state index contributed by atoms with van der Waals surface area (Å²) in [7, 11) is 2.28. The first-order valence-electron chi connectivity index (χ1n) is 6.18. The summed E-state index contributed by atoms with van der Waals surface area (Å²) in [4.78, 5) is 2.55. The molecule has 1 aliphatic rings. The maximum atomic E-state index is 3.45. The fourth-order valence-corrected chi connectivity index (χ4v) is 2.15. The van der Waals surface area contributed by atoms with Crippen LogP contribution in [-0.4, -0.2) is 37.6 Å². The van der Waals surface area contributed by atoms with Crippen molar-refractivity contribution >= 4 is 0 Å². The standard InChI is InChI=1S/C12H26N2/c1-4-12(9-13-5-2)14(3)10-11-7-6-8-11/h11-13H,4-10H2,1-3H3. The molecule has 0 aromatic heterocycles. The molecule has 0 aromatic rings. The van der Waals surface area contributed by atoms with Crippen LogP contribution in [0.5, 0.6) is 0 Å². The minimum absolute atomic E-state index is 0.732. The predicted molar refractivity (Wildman–Crippen MR) is 62.6 cm³/mol. The molecule has 1 aliphatic carbocycles. The second-order valence-corrected chi connectivity index (χ2v) is 4.61. The van der Waals surface area contributed by atoms with E-state index in [1.165, 1.54) is 32.2 Å². The number of hydrogen-bond donors (Lipinski definition) is 1. The van der Waals surface area contributed by atoms with Gasteiger partial charge in [-0.25, -0.2) is 0 Å². The van der Waals surface area contributed by atoms with E-state index in [2.05, 4.69) is 31.1 Å². The quantitative estimate of drug-likeness (QED) is 0.674. The van der Waals surface area contributed by atoms with E-state index in [0.717, 1.165) is 25.0 Å². The highest BCUT2D eigenvalue weighted by Crippen LogP contribution is 2.27.